The standard InChI is InChI=1S/C12H18FN3O/c1-2-16(7-6-14)9-12(17)15-11-5-3-4-10(13)8-11/h3-5,8H,2,6-7,9,14H2,1H3,(H,15,17). The van der Waals surface area contributed by atoms with Crippen LogP contribution in [0, 0.1) is 5.82 Å². The largest absolute Gasteiger partial charge is 0.329 e. The van der Waals surface area contributed by atoms with E-state index in [-0.39, 0.29) is 18.3 Å². The molecule has 0 aliphatic heterocycles. The number of nitrogens with two attached hydrogens (primary N) is 1. The van der Waals surface area contributed by atoms with E-state index in [1.54, 1.807) is 12.1 Å². The normalized spacial score (nSPS) is 10.6. The number of amides is 1. The van der Waals surface area contributed by atoms with Crippen molar-refractivity contribution < 1.29 is 9.18 Å². The highest BCUT2D eigenvalue weighted by molar-refractivity contribution is 5.92. The van der Waals surface area contributed by atoms with Gasteiger partial charge in [0.2, 0.25) is 5.91 Å². The molecular formula is C12H18FN3O. The molecule has 0 aromatic heterocycles. The average molecular weight is 239 g/mol. The first kappa shape index (κ1) is 13.6. The summed E-state index contributed by atoms with van der Waals surface area (Å²) in [5.41, 5.74) is 5.90. The molecule has 0 radical (unpaired) electrons. The van der Waals surface area contributed by atoms with Gasteiger partial charge in [-0.2, -0.15) is 0 Å². The fraction of sp³-hybridized carbons (Fsp3) is 0.417. The zero-order valence-electron chi connectivity index (χ0n) is 9.95. The highest BCUT2D eigenvalue weighted by Gasteiger charge is 2.08. The molecule has 0 atom stereocenters. The van der Waals surface area contributed by atoms with Crippen LogP contribution in [-0.4, -0.2) is 37.0 Å². The Hall–Kier alpha value is -1.46. The maximum atomic E-state index is 12.9. The molecule has 0 spiro atoms. The van der Waals surface area contributed by atoms with Gasteiger partial charge in [-0.1, -0.05) is 13.0 Å². The van der Waals surface area contributed by atoms with E-state index in [1.165, 1.54) is 12.1 Å². The summed E-state index contributed by atoms with van der Waals surface area (Å²) in [6.45, 7) is 4.18. The number of nitrogens with zero attached hydrogens (tertiary/aromatic N) is 1. The first-order chi connectivity index (χ1) is 8.15. The number of carbonyl (C=O) groups is 1. The van der Waals surface area contributed by atoms with Crippen molar-refractivity contribution in [3.05, 3.63) is 30.1 Å². The Morgan fingerprint density at radius 1 is 1.53 bits per heavy atom. The Balaban J connectivity index is 2.49. The lowest BCUT2D eigenvalue weighted by Gasteiger charge is -2.18. The summed E-state index contributed by atoms with van der Waals surface area (Å²) in [7, 11) is 0. The SMILES string of the molecule is CCN(CCN)CC(=O)Nc1cccc(F)c1. The molecule has 1 amide bonds. The second kappa shape index (κ2) is 6.98. The van der Waals surface area contributed by atoms with E-state index in [9.17, 15) is 9.18 Å². The molecule has 0 fully saturated rings. The van der Waals surface area contributed by atoms with Crippen LogP contribution in [0.5, 0.6) is 0 Å². The molecule has 1 aromatic rings. The Morgan fingerprint density at radius 2 is 2.29 bits per heavy atom. The van der Waals surface area contributed by atoms with E-state index in [4.69, 9.17) is 5.73 Å². The maximum Gasteiger partial charge on any atom is 0.238 e. The number of nitrogens with one attached hydrogen (secondary N) is 1. The van der Waals surface area contributed by atoms with Crippen molar-refractivity contribution in [2.45, 2.75) is 6.92 Å². The van der Waals surface area contributed by atoms with Crippen LogP contribution in [-0.2, 0) is 4.79 Å². The van der Waals surface area contributed by atoms with Crippen molar-refractivity contribution in [2.24, 2.45) is 5.73 Å². The molecule has 0 bridgehead atoms. The van der Waals surface area contributed by atoms with E-state index in [0.717, 1.165) is 6.54 Å². The first-order valence-electron chi connectivity index (χ1n) is 5.63. The number of anilines is 1. The van der Waals surface area contributed by atoms with Gasteiger partial charge in [0.1, 0.15) is 5.82 Å². The van der Waals surface area contributed by atoms with Crippen molar-refractivity contribution in [3.63, 3.8) is 0 Å². The fourth-order valence-corrected chi connectivity index (χ4v) is 1.50. The Labute approximate surface area is 101 Å². The molecule has 5 heteroatoms. The monoisotopic (exact) mass is 239 g/mol. The van der Waals surface area contributed by atoms with Gasteiger partial charge >= 0.3 is 0 Å². The lowest BCUT2D eigenvalue weighted by atomic mass is 10.3. The van der Waals surface area contributed by atoms with Gasteiger partial charge in [-0.15, -0.1) is 0 Å². The summed E-state index contributed by atoms with van der Waals surface area (Å²) in [6.07, 6.45) is 0. The number of carbonyl (C=O) groups excluding carboxylic acids is 1. The molecule has 0 heterocycles. The van der Waals surface area contributed by atoms with Crippen LogP contribution in [0.25, 0.3) is 0 Å². The smallest absolute Gasteiger partial charge is 0.238 e. The summed E-state index contributed by atoms with van der Waals surface area (Å²) in [4.78, 5) is 13.6. The van der Waals surface area contributed by atoms with Gasteiger partial charge in [-0.05, 0) is 24.7 Å². The zero-order valence-corrected chi connectivity index (χ0v) is 9.95. The number of likely N-dealkylation sites (N-methyl/N-ethyl adjacent to an activating group) is 1. The topological polar surface area (TPSA) is 58.4 Å². The van der Waals surface area contributed by atoms with Crippen LogP contribution in [0.3, 0.4) is 0 Å². The predicted octanol–water partition coefficient (Wildman–Crippen LogP) is 1.04. The molecule has 3 N–H and O–H groups in total. The van der Waals surface area contributed by atoms with E-state index in [2.05, 4.69) is 5.32 Å². The average Bonchev–Trinajstić information content (AvgIpc) is 2.28. The highest BCUT2D eigenvalue weighted by atomic mass is 19.1. The number of rotatable bonds is 6. The second-order valence-electron chi connectivity index (χ2n) is 3.72. The third kappa shape index (κ3) is 4.93. The van der Waals surface area contributed by atoms with Gasteiger partial charge in [0.15, 0.2) is 0 Å². The molecule has 0 aliphatic carbocycles. The van der Waals surface area contributed by atoms with E-state index in [0.29, 0.717) is 18.8 Å². The zero-order chi connectivity index (χ0) is 12.7. The van der Waals surface area contributed by atoms with Gasteiger partial charge in [0, 0.05) is 18.8 Å². The third-order valence-corrected chi connectivity index (χ3v) is 2.37. The molecule has 1 rings (SSSR count). The third-order valence-electron chi connectivity index (χ3n) is 2.37. The summed E-state index contributed by atoms with van der Waals surface area (Å²) in [5, 5.41) is 2.64. The molecule has 4 nitrogen and oxygen atoms in total. The predicted molar refractivity (Wildman–Crippen MR) is 66.2 cm³/mol. The van der Waals surface area contributed by atoms with Crippen molar-refractivity contribution in [1.82, 2.24) is 4.90 Å². The van der Waals surface area contributed by atoms with Crippen LogP contribution >= 0.6 is 0 Å². The van der Waals surface area contributed by atoms with E-state index < -0.39 is 0 Å². The molecule has 0 unspecified atom stereocenters. The van der Waals surface area contributed by atoms with Gasteiger partial charge in [0.05, 0.1) is 6.54 Å². The van der Waals surface area contributed by atoms with Crippen LogP contribution in [0.2, 0.25) is 0 Å². The lowest BCUT2D eigenvalue weighted by Crippen LogP contribution is -2.36. The molecule has 0 saturated heterocycles. The minimum absolute atomic E-state index is 0.161. The summed E-state index contributed by atoms with van der Waals surface area (Å²) < 4.78 is 12.9. The summed E-state index contributed by atoms with van der Waals surface area (Å²) >= 11 is 0. The molecule has 94 valence electrons. The lowest BCUT2D eigenvalue weighted by molar-refractivity contribution is -0.117. The maximum absolute atomic E-state index is 12.9. The van der Waals surface area contributed by atoms with Crippen LogP contribution in [0.15, 0.2) is 24.3 Å². The van der Waals surface area contributed by atoms with E-state index >= 15 is 0 Å². The summed E-state index contributed by atoms with van der Waals surface area (Å²) in [5.74, 6) is -0.525. The highest BCUT2D eigenvalue weighted by Crippen LogP contribution is 2.08. The van der Waals surface area contributed by atoms with Gasteiger partial charge < -0.3 is 11.1 Å². The first-order valence-corrected chi connectivity index (χ1v) is 5.63. The molecule has 0 saturated carbocycles. The van der Waals surface area contributed by atoms with Crippen LogP contribution in [0.4, 0.5) is 10.1 Å². The molecule has 0 aliphatic rings. The van der Waals surface area contributed by atoms with Gasteiger partial charge in [0.25, 0.3) is 0 Å². The van der Waals surface area contributed by atoms with Crippen LogP contribution in [0.1, 0.15) is 6.92 Å². The minimum atomic E-state index is -0.364. The quantitative estimate of drug-likeness (QED) is 0.780. The minimum Gasteiger partial charge on any atom is -0.329 e. The van der Waals surface area contributed by atoms with Crippen molar-refractivity contribution >= 4 is 11.6 Å². The molecular weight excluding hydrogens is 221 g/mol. The number of halogens is 1. The van der Waals surface area contributed by atoms with Crippen LogP contribution < -0.4 is 11.1 Å². The fourth-order valence-electron chi connectivity index (χ4n) is 1.50. The Bertz CT molecular complexity index is 371. The van der Waals surface area contributed by atoms with Crippen molar-refractivity contribution in [1.29, 1.82) is 0 Å². The molecule has 17 heavy (non-hydrogen) atoms. The van der Waals surface area contributed by atoms with Crippen molar-refractivity contribution in [2.75, 3.05) is 31.5 Å². The Morgan fingerprint density at radius 3 is 2.88 bits per heavy atom. The second-order valence-corrected chi connectivity index (χ2v) is 3.72. The molecule has 1 aromatic carbocycles. The number of hydrogen-bond acceptors (Lipinski definition) is 3. The Kier molecular flexibility index (Phi) is 5.59. The number of benzene rings is 1. The van der Waals surface area contributed by atoms with Crippen molar-refractivity contribution in [3.8, 4) is 0 Å². The van der Waals surface area contributed by atoms with E-state index in [1.807, 2.05) is 11.8 Å². The van der Waals surface area contributed by atoms with Gasteiger partial charge in [-0.25, -0.2) is 4.39 Å². The number of hydrogen-bond donors (Lipinski definition) is 2. The summed E-state index contributed by atoms with van der Waals surface area (Å²) in [6, 6.07) is 5.84. The van der Waals surface area contributed by atoms with Gasteiger partial charge in [-0.3, -0.25) is 9.69 Å².